The number of hydrogen-bond acceptors (Lipinski definition) is 4. The van der Waals surface area contributed by atoms with Crippen LogP contribution in [0.4, 0.5) is 14.5 Å². The van der Waals surface area contributed by atoms with Gasteiger partial charge in [-0.25, -0.2) is 8.78 Å². The van der Waals surface area contributed by atoms with Gasteiger partial charge in [0, 0.05) is 24.2 Å². The van der Waals surface area contributed by atoms with Crippen LogP contribution in [-0.4, -0.2) is 40.9 Å². The highest BCUT2D eigenvalue weighted by Gasteiger charge is 2.42. The van der Waals surface area contributed by atoms with Crippen molar-refractivity contribution in [2.75, 3.05) is 11.9 Å². The summed E-state index contributed by atoms with van der Waals surface area (Å²) in [5.41, 5.74) is -0.0664. The lowest BCUT2D eigenvalue weighted by Gasteiger charge is -2.25. The number of carbonyl (C=O) groups is 3. The van der Waals surface area contributed by atoms with Gasteiger partial charge in [0.15, 0.2) is 0 Å². The molecule has 4 N–H and O–H groups in total. The standard InChI is InChI=1S/C22H23F2N3O4/c1-21(23,24)11-12-25-19(29)22(2,31)20(30)27-17-15-9-4-3-7-13(15)14-8-5-6-10-16(14)26-18(17)28/h3-10,17,31H,11-12H2,1-2H3,(H,25,29)(H,26,28)(H,27,30)/t17-,22?/m0/s1. The van der Waals surface area contributed by atoms with Crippen molar-refractivity contribution in [2.24, 2.45) is 0 Å². The first-order valence-electron chi connectivity index (χ1n) is 9.69. The third kappa shape index (κ3) is 4.88. The van der Waals surface area contributed by atoms with E-state index in [4.69, 9.17) is 0 Å². The molecule has 0 fully saturated rings. The van der Waals surface area contributed by atoms with Crippen molar-refractivity contribution < 1.29 is 28.3 Å². The topological polar surface area (TPSA) is 108 Å². The molecule has 1 unspecified atom stereocenters. The second-order valence-electron chi connectivity index (χ2n) is 7.68. The zero-order chi connectivity index (χ0) is 22.8. The summed E-state index contributed by atoms with van der Waals surface area (Å²) < 4.78 is 25.9. The van der Waals surface area contributed by atoms with Crippen molar-refractivity contribution in [2.45, 2.75) is 37.8 Å². The van der Waals surface area contributed by atoms with Crippen LogP contribution in [0.1, 0.15) is 31.9 Å². The van der Waals surface area contributed by atoms with Gasteiger partial charge in [0.25, 0.3) is 17.7 Å². The van der Waals surface area contributed by atoms with Crippen molar-refractivity contribution in [3.8, 4) is 11.1 Å². The number of anilines is 1. The lowest BCUT2D eigenvalue weighted by molar-refractivity contribution is -0.153. The van der Waals surface area contributed by atoms with E-state index in [-0.39, 0.29) is 0 Å². The van der Waals surface area contributed by atoms with E-state index >= 15 is 0 Å². The SMILES string of the molecule is CC(F)(F)CCNC(=O)C(C)(O)C(=O)N[C@@H]1C(=O)Nc2ccccc2-c2ccccc21. The smallest absolute Gasteiger partial charge is 0.262 e. The summed E-state index contributed by atoms with van der Waals surface area (Å²) in [4.78, 5) is 37.8. The van der Waals surface area contributed by atoms with Crippen molar-refractivity contribution >= 4 is 23.4 Å². The predicted molar refractivity (Wildman–Crippen MR) is 110 cm³/mol. The lowest BCUT2D eigenvalue weighted by Crippen LogP contribution is -2.57. The van der Waals surface area contributed by atoms with E-state index in [0.29, 0.717) is 23.7 Å². The third-order valence-corrected chi connectivity index (χ3v) is 5.02. The summed E-state index contributed by atoms with van der Waals surface area (Å²) in [5.74, 6) is -5.82. The maximum atomic E-state index is 12.9. The molecule has 3 rings (SSSR count). The number of nitrogens with one attached hydrogen (secondary N) is 3. The Bertz CT molecular complexity index is 1020. The molecule has 3 amide bonds. The number of fused-ring (bicyclic) bond motifs is 3. The molecule has 0 bridgehead atoms. The molecule has 0 spiro atoms. The molecule has 0 aliphatic carbocycles. The van der Waals surface area contributed by atoms with Crippen molar-refractivity contribution in [1.82, 2.24) is 10.6 Å². The zero-order valence-electron chi connectivity index (χ0n) is 17.0. The summed E-state index contributed by atoms with van der Waals surface area (Å²) >= 11 is 0. The maximum Gasteiger partial charge on any atom is 0.262 e. The summed E-state index contributed by atoms with van der Waals surface area (Å²) in [6.45, 7) is 1.22. The molecular formula is C22H23F2N3O4. The summed E-state index contributed by atoms with van der Waals surface area (Å²) in [7, 11) is 0. The number of halogens is 2. The van der Waals surface area contributed by atoms with Crippen LogP contribution in [0.3, 0.4) is 0 Å². The summed E-state index contributed by atoms with van der Waals surface area (Å²) in [6, 6.07) is 12.9. The van der Waals surface area contributed by atoms with Crippen LogP contribution >= 0.6 is 0 Å². The van der Waals surface area contributed by atoms with E-state index in [1.807, 2.05) is 12.1 Å². The van der Waals surface area contributed by atoms with E-state index in [2.05, 4.69) is 16.0 Å². The van der Waals surface area contributed by atoms with Gasteiger partial charge in [-0.3, -0.25) is 14.4 Å². The fourth-order valence-electron chi connectivity index (χ4n) is 3.25. The Kier molecular flexibility index (Phi) is 6.08. The molecule has 1 aliphatic heterocycles. The van der Waals surface area contributed by atoms with Crippen molar-refractivity contribution in [3.05, 3.63) is 54.1 Å². The average molecular weight is 431 g/mol. The molecule has 31 heavy (non-hydrogen) atoms. The molecule has 164 valence electrons. The molecule has 0 aromatic heterocycles. The largest absolute Gasteiger partial charge is 0.372 e. The Labute approximate surface area is 177 Å². The first-order chi connectivity index (χ1) is 14.5. The Morgan fingerprint density at radius 2 is 1.65 bits per heavy atom. The molecule has 7 nitrogen and oxygen atoms in total. The third-order valence-electron chi connectivity index (χ3n) is 5.02. The molecule has 2 atom stereocenters. The minimum Gasteiger partial charge on any atom is -0.372 e. The van der Waals surface area contributed by atoms with Gasteiger partial charge in [0.2, 0.25) is 11.5 Å². The second-order valence-corrected chi connectivity index (χ2v) is 7.68. The molecule has 0 radical (unpaired) electrons. The first-order valence-corrected chi connectivity index (χ1v) is 9.69. The van der Waals surface area contributed by atoms with Gasteiger partial charge in [0.1, 0.15) is 6.04 Å². The van der Waals surface area contributed by atoms with Crippen LogP contribution in [0, 0.1) is 0 Å². The molecular weight excluding hydrogens is 408 g/mol. The van der Waals surface area contributed by atoms with Crippen LogP contribution in [0.25, 0.3) is 11.1 Å². The van der Waals surface area contributed by atoms with Gasteiger partial charge in [0.05, 0.1) is 0 Å². The highest BCUT2D eigenvalue weighted by Crippen LogP contribution is 2.37. The Morgan fingerprint density at radius 3 is 2.32 bits per heavy atom. The highest BCUT2D eigenvalue weighted by molar-refractivity contribution is 6.10. The normalized spacial score (nSPS) is 17.3. The predicted octanol–water partition coefficient (Wildman–Crippen LogP) is 2.38. The molecule has 9 heteroatoms. The quantitative estimate of drug-likeness (QED) is 0.527. The van der Waals surface area contributed by atoms with E-state index in [9.17, 15) is 28.3 Å². The Hall–Kier alpha value is -3.33. The first kappa shape index (κ1) is 22.4. The van der Waals surface area contributed by atoms with Crippen molar-refractivity contribution in [1.29, 1.82) is 0 Å². The average Bonchev–Trinajstić information content (AvgIpc) is 2.82. The van der Waals surface area contributed by atoms with Crippen LogP contribution in [0.5, 0.6) is 0 Å². The summed E-state index contributed by atoms with van der Waals surface area (Å²) in [6.07, 6.45) is -0.646. The van der Waals surface area contributed by atoms with E-state index in [0.717, 1.165) is 12.5 Å². The maximum absolute atomic E-state index is 12.9. The molecule has 0 saturated carbocycles. The van der Waals surface area contributed by atoms with E-state index < -0.39 is 48.3 Å². The van der Waals surface area contributed by atoms with E-state index in [1.54, 1.807) is 36.4 Å². The fraction of sp³-hybridized carbons (Fsp3) is 0.318. The van der Waals surface area contributed by atoms with E-state index in [1.165, 1.54) is 0 Å². The number of hydrogen-bond donors (Lipinski definition) is 4. The number of amides is 3. The number of carbonyl (C=O) groups excluding carboxylic acids is 3. The Balaban J connectivity index is 1.82. The molecule has 2 aromatic rings. The van der Waals surface area contributed by atoms with Crippen LogP contribution in [-0.2, 0) is 14.4 Å². The van der Waals surface area contributed by atoms with Gasteiger partial charge in [-0.15, -0.1) is 0 Å². The van der Waals surface area contributed by atoms with Gasteiger partial charge < -0.3 is 21.1 Å². The van der Waals surface area contributed by atoms with Gasteiger partial charge in [-0.2, -0.15) is 0 Å². The second kappa shape index (κ2) is 8.43. The number of alkyl halides is 2. The number of rotatable bonds is 6. The van der Waals surface area contributed by atoms with Crippen molar-refractivity contribution in [3.63, 3.8) is 0 Å². The number of aliphatic hydroxyl groups is 1. The number of benzene rings is 2. The molecule has 1 aliphatic rings. The minimum absolute atomic E-state index is 0.423. The highest BCUT2D eigenvalue weighted by atomic mass is 19.3. The number of para-hydroxylation sites is 1. The lowest BCUT2D eigenvalue weighted by atomic mass is 9.94. The fourth-order valence-corrected chi connectivity index (χ4v) is 3.25. The van der Waals surface area contributed by atoms with Gasteiger partial charge in [-0.1, -0.05) is 42.5 Å². The van der Waals surface area contributed by atoms with Gasteiger partial charge >= 0.3 is 0 Å². The summed E-state index contributed by atoms with van der Waals surface area (Å²) in [5, 5.41) is 17.7. The Morgan fingerprint density at radius 1 is 1.03 bits per heavy atom. The van der Waals surface area contributed by atoms with Gasteiger partial charge in [-0.05, 0) is 31.0 Å². The van der Waals surface area contributed by atoms with Crippen LogP contribution in [0.2, 0.25) is 0 Å². The molecule has 2 aromatic carbocycles. The zero-order valence-corrected chi connectivity index (χ0v) is 17.0. The van der Waals surface area contributed by atoms with Crippen LogP contribution < -0.4 is 16.0 Å². The molecule has 1 heterocycles. The monoisotopic (exact) mass is 431 g/mol. The van der Waals surface area contributed by atoms with Crippen LogP contribution in [0.15, 0.2) is 48.5 Å². The minimum atomic E-state index is -3.00. The molecule has 0 saturated heterocycles.